The second-order valence-electron chi connectivity index (χ2n) is 4.76. The largest absolute Gasteiger partial charge is 0.384 e. The predicted molar refractivity (Wildman–Crippen MR) is 94.5 cm³/mol. The molecule has 3 N–H and O–H groups in total. The van der Waals surface area contributed by atoms with Crippen LogP contribution in [-0.4, -0.2) is 9.97 Å². The number of hydrogen-bond acceptors (Lipinski definition) is 2. The van der Waals surface area contributed by atoms with Crippen molar-refractivity contribution in [3.05, 3.63) is 70.8 Å². The van der Waals surface area contributed by atoms with Gasteiger partial charge in [0.05, 0.1) is 16.1 Å². The Morgan fingerprint density at radius 2 is 1.73 bits per heavy atom. The molecule has 2 aromatic heterocycles. The first kappa shape index (κ1) is 14.7. The predicted octanol–water partition coefficient (Wildman–Crippen LogP) is 5.29. The smallest absolute Gasteiger partial charge is 0.124 e. The first-order valence-corrected chi connectivity index (χ1v) is 7.42. The molecule has 0 amide bonds. The fraction of sp³-hybridized carbons (Fsp3) is 0. The molecule has 0 fully saturated rings. The first-order valence-electron chi connectivity index (χ1n) is 6.67. The van der Waals surface area contributed by atoms with Crippen LogP contribution in [0.2, 0.25) is 10.0 Å². The van der Waals surface area contributed by atoms with Crippen LogP contribution in [0.3, 0.4) is 0 Å². The number of pyridine rings is 1. The van der Waals surface area contributed by atoms with Crippen LogP contribution in [0.5, 0.6) is 0 Å². The lowest BCUT2D eigenvalue weighted by molar-refractivity contribution is 1.42. The Hall–Kier alpha value is -2.23. The summed E-state index contributed by atoms with van der Waals surface area (Å²) in [4.78, 5) is 7.18. The fourth-order valence-corrected chi connectivity index (χ4v) is 2.74. The number of aromatic amines is 1. The highest BCUT2D eigenvalue weighted by molar-refractivity contribution is 6.38. The van der Waals surface area contributed by atoms with Crippen LogP contribution in [0.15, 0.2) is 60.8 Å². The molecule has 0 aliphatic rings. The van der Waals surface area contributed by atoms with Crippen molar-refractivity contribution in [1.82, 2.24) is 9.97 Å². The van der Waals surface area contributed by atoms with Crippen molar-refractivity contribution in [3.63, 3.8) is 0 Å². The quantitative estimate of drug-likeness (QED) is 0.460. The Morgan fingerprint density at radius 3 is 2.59 bits per heavy atom. The molecule has 5 heteroatoms. The van der Waals surface area contributed by atoms with E-state index in [1.165, 1.54) is 0 Å². The van der Waals surface area contributed by atoms with Crippen LogP contribution in [0.4, 0.5) is 5.82 Å². The molecule has 4 rings (SSSR count). The van der Waals surface area contributed by atoms with E-state index in [0.717, 1.165) is 21.8 Å². The van der Waals surface area contributed by atoms with Crippen molar-refractivity contribution in [2.45, 2.75) is 0 Å². The SMILES string of the molecule is Clc1cc(Cl)c2[nH]ccc2c1.Nc1ccc2ccccc2n1. The van der Waals surface area contributed by atoms with Gasteiger partial charge in [-0.25, -0.2) is 4.98 Å². The van der Waals surface area contributed by atoms with Gasteiger partial charge in [-0.2, -0.15) is 0 Å². The molecule has 22 heavy (non-hydrogen) atoms. The van der Waals surface area contributed by atoms with Gasteiger partial charge in [0.1, 0.15) is 5.82 Å². The standard InChI is InChI=1S/C9H8N2.C8H5Cl2N/c10-9-6-5-7-3-1-2-4-8(7)11-9;9-6-3-5-1-2-11-8(5)7(10)4-6/h1-6H,(H2,10,11);1-4,11H. The van der Waals surface area contributed by atoms with Gasteiger partial charge in [0.2, 0.25) is 0 Å². The molecule has 0 saturated heterocycles. The Morgan fingerprint density at radius 1 is 0.909 bits per heavy atom. The minimum absolute atomic E-state index is 0.573. The number of H-pyrrole nitrogens is 1. The molecule has 0 aliphatic heterocycles. The number of nitrogens with two attached hydrogens (primary N) is 1. The summed E-state index contributed by atoms with van der Waals surface area (Å²) in [5.41, 5.74) is 7.40. The number of halogens is 2. The van der Waals surface area contributed by atoms with Gasteiger partial charge in [0.15, 0.2) is 0 Å². The number of nitrogens with one attached hydrogen (secondary N) is 1. The average Bonchev–Trinajstić information content (AvgIpc) is 2.96. The van der Waals surface area contributed by atoms with E-state index in [-0.39, 0.29) is 0 Å². The number of nitrogen functional groups attached to an aromatic ring is 1. The van der Waals surface area contributed by atoms with Gasteiger partial charge in [-0.05, 0) is 36.4 Å². The average molecular weight is 330 g/mol. The number of hydrogen-bond donors (Lipinski definition) is 2. The topological polar surface area (TPSA) is 54.7 Å². The van der Waals surface area contributed by atoms with Crippen LogP contribution in [0, 0.1) is 0 Å². The highest BCUT2D eigenvalue weighted by atomic mass is 35.5. The van der Waals surface area contributed by atoms with E-state index in [1.54, 1.807) is 6.07 Å². The highest BCUT2D eigenvalue weighted by Gasteiger charge is 2.00. The Labute approximate surface area is 137 Å². The molecule has 0 atom stereocenters. The summed E-state index contributed by atoms with van der Waals surface area (Å²) in [5.74, 6) is 0.573. The van der Waals surface area contributed by atoms with E-state index in [4.69, 9.17) is 28.9 Å². The van der Waals surface area contributed by atoms with E-state index in [1.807, 2.05) is 54.7 Å². The number of para-hydroxylation sites is 1. The summed E-state index contributed by atoms with van der Waals surface area (Å²) in [6.45, 7) is 0. The minimum Gasteiger partial charge on any atom is -0.384 e. The number of benzene rings is 2. The van der Waals surface area contributed by atoms with Gasteiger partial charge in [-0.15, -0.1) is 0 Å². The molecule has 0 saturated carbocycles. The van der Waals surface area contributed by atoms with Crippen LogP contribution in [0.25, 0.3) is 21.8 Å². The van der Waals surface area contributed by atoms with Gasteiger partial charge in [0, 0.05) is 22.0 Å². The molecule has 0 bridgehead atoms. The third-order valence-electron chi connectivity index (χ3n) is 3.20. The van der Waals surface area contributed by atoms with Crippen LogP contribution in [0.1, 0.15) is 0 Å². The van der Waals surface area contributed by atoms with E-state index in [2.05, 4.69) is 9.97 Å². The van der Waals surface area contributed by atoms with E-state index >= 15 is 0 Å². The van der Waals surface area contributed by atoms with Gasteiger partial charge in [-0.3, -0.25) is 0 Å². The van der Waals surface area contributed by atoms with Crippen molar-refractivity contribution in [1.29, 1.82) is 0 Å². The molecule has 0 aliphatic carbocycles. The summed E-state index contributed by atoms with van der Waals surface area (Å²) < 4.78 is 0. The molecule has 110 valence electrons. The zero-order valence-corrected chi connectivity index (χ0v) is 13.1. The molecule has 0 unspecified atom stereocenters. The van der Waals surface area contributed by atoms with Gasteiger partial charge in [0.25, 0.3) is 0 Å². The summed E-state index contributed by atoms with van der Waals surface area (Å²) in [6.07, 6.45) is 1.84. The first-order chi connectivity index (χ1) is 10.6. The maximum atomic E-state index is 5.89. The van der Waals surface area contributed by atoms with Gasteiger partial charge >= 0.3 is 0 Å². The Bertz CT molecular complexity index is 931. The summed E-state index contributed by atoms with van der Waals surface area (Å²) in [5, 5.41) is 3.50. The van der Waals surface area contributed by atoms with E-state index in [0.29, 0.717) is 15.9 Å². The molecule has 0 radical (unpaired) electrons. The third kappa shape index (κ3) is 3.16. The summed E-state index contributed by atoms with van der Waals surface area (Å²) >= 11 is 11.7. The second-order valence-corrected chi connectivity index (χ2v) is 5.60. The zero-order chi connectivity index (χ0) is 15.5. The van der Waals surface area contributed by atoms with Crippen molar-refractivity contribution in [2.75, 3.05) is 5.73 Å². The van der Waals surface area contributed by atoms with Crippen molar-refractivity contribution < 1.29 is 0 Å². The number of fused-ring (bicyclic) bond motifs is 2. The zero-order valence-electron chi connectivity index (χ0n) is 11.6. The molecule has 2 aromatic carbocycles. The second kappa shape index (κ2) is 6.26. The fourth-order valence-electron chi connectivity index (χ4n) is 2.17. The lowest BCUT2D eigenvalue weighted by Gasteiger charge is -1.95. The lowest BCUT2D eigenvalue weighted by Crippen LogP contribution is -1.88. The number of aromatic nitrogens is 2. The molecule has 3 nitrogen and oxygen atoms in total. The monoisotopic (exact) mass is 329 g/mol. The molecular weight excluding hydrogens is 317 g/mol. The molecule has 0 spiro atoms. The van der Waals surface area contributed by atoms with Crippen LogP contribution >= 0.6 is 23.2 Å². The molecule has 2 heterocycles. The maximum Gasteiger partial charge on any atom is 0.124 e. The normalized spacial score (nSPS) is 10.5. The Balaban J connectivity index is 0.000000131. The number of nitrogens with zero attached hydrogens (tertiary/aromatic N) is 1. The van der Waals surface area contributed by atoms with E-state index in [9.17, 15) is 0 Å². The van der Waals surface area contributed by atoms with Crippen molar-refractivity contribution in [2.24, 2.45) is 0 Å². The van der Waals surface area contributed by atoms with Crippen molar-refractivity contribution >= 4 is 50.8 Å². The highest BCUT2D eigenvalue weighted by Crippen LogP contribution is 2.26. The summed E-state index contributed by atoms with van der Waals surface area (Å²) in [7, 11) is 0. The number of rotatable bonds is 0. The Kier molecular flexibility index (Phi) is 4.18. The van der Waals surface area contributed by atoms with E-state index < -0.39 is 0 Å². The van der Waals surface area contributed by atoms with Crippen LogP contribution < -0.4 is 5.73 Å². The van der Waals surface area contributed by atoms with Crippen LogP contribution in [-0.2, 0) is 0 Å². The van der Waals surface area contributed by atoms with Crippen molar-refractivity contribution in [3.8, 4) is 0 Å². The molecular formula is C17H13Cl2N3. The third-order valence-corrected chi connectivity index (χ3v) is 3.71. The lowest BCUT2D eigenvalue weighted by atomic mass is 10.2. The minimum atomic E-state index is 0.573. The maximum absolute atomic E-state index is 5.89. The number of anilines is 1. The van der Waals surface area contributed by atoms with Gasteiger partial charge in [-0.1, -0.05) is 41.4 Å². The van der Waals surface area contributed by atoms with Gasteiger partial charge < -0.3 is 10.7 Å². The molecule has 4 aromatic rings. The summed E-state index contributed by atoms with van der Waals surface area (Å²) in [6, 6.07) is 17.2.